The number of nitrogens with one attached hydrogen (secondary N) is 1. The molecule has 7 heteroatoms. The van der Waals surface area contributed by atoms with Crippen LogP contribution < -0.4 is 19.5 Å². The van der Waals surface area contributed by atoms with Gasteiger partial charge in [0.1, 0.15) is 18.2 Å². The van der Waals surface area contributed by atoms with Gasteiger partial charge in [0.15, 0.2) is 11.5 Å². The summed E-state index contributed by atoms with van der Waals surface area (Å²) in [5.74, 6) is 1.24. The molecule has 0 atom stereocenters. The molecular formula is C29H29FN2O4. The first-order chi connectivity index (χ1) is 17.5. The topological polar surface area (TPSA) is 61.7 Å². The van der Waals surface area contributed by atoms with Crippen LogP contribution in [-0.4, -0.2) is 31.3 Å². The summed E-state index contributed by atoms with van der Waals surface area (Å²) < 4.78 is 33.0. The number of carbonyl (C=O) groups excluding carboxylic acids is 1. The SMILES string of the molecule is C=CCOc1ccc2c(c1)c(C(=O)NCc1ccccc1F)c(C)n2Cc1cccc(OC)c1OC. The number of nitrogens with zero attached hydrogens (tertiary/aromatic N) is 1. The number of halogens is 1. The highest BCUT2D eigenvalue weighted by Gasteiger charge is 2.22. The molecule has 1 amide bonds. The Morgan fingerprint density at radius 2 is 1.83 bits per heavy atom. The van der Waals surface area contributed by atoms with E-state index in [4.69, 9.17) is 14.2 Å². The van der Waals surface area contributed by atoms with Crippen LogP contribution in [0.25, 0.3) is 10.9 Å². The molecule has 0 radical (unpaired) electrons. The number of para-hydroxylation sites is 1. The molecule has 0 aliphatic rings. The van der Waals surface area contributed by atoms with Crippen molar-refractivity contribution >= 4 is 16.8 Å². The number of aromatic nitrogens is 1. The number of amides is 1. The van der Waals surface area contributed by atoms with Crippen LogP contribution in [-0.2, 0) is 13.1 Å². The molecule has 0 saturated heterocycles. The summed E-state index contributed by atoms with van der Waals surface area (Å²) in [6, 6.07) is 17.8. The lowest BCUT2D eigenvalue weighted by Gasteiger charge is -2.15. The highest BCUT2D eigenvalue weighted by molar-refractivity contribution is 6.08. The number of rotatable bonds is 10. The fraction of sp³-hybridized carbons (Fsp3) is 0.207. The minimum atomic E-state index is -0.359. The van der Waals surface area contributed by atoms with E-state index in [0.29, 0.717) is 41.5 Å². The maximum Gasteiger partial charge on any atom is 0.254 e. The van der Waals surface area contributed by atoms with Crippen molar-refractivity contribution in [3.05, 3.63) is 102 Å². The maximum atomic E-state index is 14.1. The summed E-state index contributed by atoms with van der Waals surface area (Å²) in [5, 5.41) is 3.61. The van der Waals surface area contributed by atoms with Crippen LogP contribution in [0.4, 0.5) is 4.39 Å². The molecule has 1 heterocycles. The minimum absolute atomic E-state index is 0.0774. The van der Waals surface area contributed by atoms with Crippen LogP contribution in [0.5, 0.6) is 17.2 Å². The zero-order valence-corrected chi connectivity index (χ0v) is 20.6. The van der Waals surface area contributed by atoms with Crippen molar-refractivity contribution in [3.8, 4) is 17.2 Å². The summed E-state index contributed by atoms with van der Waals surface area (Å²) in [6.45, 7) is 6.47. The quantitative estimate of drug-likeness (QED) is 0.293. The molecule has 4 rings (SSSR count). The van der Waals surface area contributed by atoms with Crippen molar-refractivity contribution in [2.75, 3.05) is 20.8 Å². The van der Waals surface area contributed by atoms with Crippen molar-refractivity contribution in [1.82, 2.24) is 9.88 Å². The first-order valence-electron chi connectivity index (χ1n) is 11.6. The van der Waals surface area contributed by atoms with Gasteiger partial charge < -0.3 is 24.1 Å². The second kappa shape index (κ2) is 11.0. The maximum absolute atomic E-state index is 14.1. The normalized spacial score (nSPS) is 10.8. The number of hydrogen-bond donors (Lipinski definition) is 1. The number of carbonyl (C=O) groups is 1. The minimum Gasteiger partial charge on any atom is -0.493 e. The van der Waals surface area contributed by atoms with Crippen molar-refractivity contribution in [3.63, 3.8) is 0 Å². The summed E-state index contributed by atoms with van der Waals surface area (Å²) in [4.78, 5) is 13.4. The summed E-state index contributed by atoms with van der Waals surface area (Å²) >= 11 is 0. The molecule has 0 aliphatic carbocycles. The molecule has 0 saturated carbocycles. The van der Waals surface area contributed by atoms with Crippen molar-refractivity contribution < 1.29 is 23.4 Å². The predicted molar refractivity (Wildman–Crippen MR) is 139 cm³/mol. The van der Waals surface area contributed by atoms with Gasteiger partial charge in [-0.05, 0) is 37.3 Å². The molecule has 0 bridgehead atoms. The van der Waals surface area contributed by atoms with Crippen LogP contribution in [0.2, 0.25) is 0 Å². The van der Waals surface area contributed by atoms with Crippen LogP contribution >= 0.6 is 0 Å². The van der Waals surface area contributed by atoms with Gasteiger partial charge in [0, 0.05) is 34.3 Å². The van der Waals surface area contributed by atoms with E-state index >= 15 is 0 Å². The van der Waals surface area contributed by atoms with Crippen LogP contribution in [0.1, 0.15) is 27.2 Å². The van der Waals surface area contributed by atoms with Gasteiger partial charge in [-0.3, -0.25) is 4.79 Å². The third-order valence-corrected chi connectivity index (χ3v) is 6.10. The smallest absolute Gasteiger partial charge is 0.254 e. The molecule has 4 aromatic rings. The molecule has 6 nitrogen and oxygen atoms in total. The van der Waals surface area contributed by atoms with Crippen LogP contribution in [0, 0.1) is 12.7 Å². The zero-order chi connectivity index (χ0) is 25.7. The van der Waals surface area contributed by atoms with Crippen molar-refractivity contribution in [1.29, 1.82) is 0 Å². The number of benzene rings is 3. The summed E-state index contributed by atoms with van der Waals surface area (Å²) in [7, 11) is 3.20. The zero-order valence-electron chi connectivity index (χ0n) is 20.6. The Morgan fingerprint density at radius 1 is 1.06 bits per heavy atom. The molecule has 0 spiro atoms. The standard InChI is InChI=1S/C29H29FN2O4/c1-5-15-36-22-13-14-25-23(16-22)27(29(33)31-17-20-9-6-7-11-24(20)30)19(2)32(25)18-21-10-8-12-26(34-3)28(21)35-4/h5-14,16H,1,15,17-18H2,2-4H3,(H,31,33). The van der Waals surface area contributed by atoms with E-state index in [1.54, 1.807) is 38.5 Å². The van der Waals surface area contributed by atoms with E-state index in [0.717, 1.165) is 22.2 Å². The molecule has 0 aliphatic heterocycles. The van der Waals surface area contributed by atoms with Gasteiger partial charge in [0.05, 0.1) is 26.3 Å². The lowest BCUT2D eigenvalue weighted by atomic mass is 10.1. The average Bonchev–Trinajstić information content (AvgIpc) is 3.16. The average molecular weight is 489 g/mol. The predicted octanol–water partition coefficient (Wildman–Crippen LogP) is 5.65. The largest absolute Gasteiger partial charge is 0.493 e. The second-order valence-corrected chi connectivity index (χ2v) is 8.25. The summed E-state index contributed by atoms with van der Waals surface area (Å²) in [5.41, 5.74) is 3.46. The monoisotopic (exact) mass is 488 g/mol. The highest BCUT2D eigenvalue weighted by Crippen LogP contribution is 2.35. The Balaban J connectivity index is 1.77. The van der Waals surface area contributed by atoms with Gasteiger partial charge in [-0.25, -0.2) is 4.39 Å². The number of methoxy groups -OCH3 is 2. The fourth-order valence-corrected chi connectivity index (χ4v) is 4.35. The Bertz CT molecular complexity index is 1410. The molecule has 36 heavy (non-hydrogen) atoms. The number of ether oxygens (including phenoxy) is 3. The fourth-order valence-electron chi connectivity index (χ4n) is 4.35. The molecule has 3 aromatic carbocycles. The van der Waals surface area contributed by atoms with Gasteiger partial charge in [-0.15, -0.1) is 0 Å². The number of fused-ring (bicyclic) bond motifs is 1. The molecular weight excluding hydrogens is 459 g/mol. The van der Waals surface area contributed by atoms with Crippen molar-refractivity contribution in [2.45, 2.75) is 20.0 Å². The van der Waals surface area contributed by atoms with E-state index in [-0.39, 0.29) is 18.3 Å². The van der Waals surface area contributed by atoms with Gasteiger partial charge in [0.25, 0.3) is 5.91 Å². The highest BCUT2D eigenvalue weighted by atomic mass is 19.1. The van der Waals surface area contributed by atoms with Gasteiger partial charge >= 0.3 is 0 Å². The molecule has 186 valence electrons. The molecule has 0 unspecified atom stereocenters. The third-order valence-electron chi connectivity index (χ3n) is 6.10. The first kappa shape index (κ1) is 24.9. The molecule has 1 aromatic heterocycles. The van der Waals surface area contributed by atoms with E-state index in [1.807, 2.05) is 43.3 Å². The van der Waals surface area contributed by atoms with Gasteiger partial charge in [-0.2, -0.15) is 0 Å². The Hall–Kier alpha value is -4.26. The summed E-state index contributed by atoms with van der Waals surface area (Å²) in [6.07, 6.45) is 1.66. The van der Waals surface area contributed by atoms with Crippen LogP contribution in [0.3, 0.4) is 0 Å². The van der Waals surface area contributed by atoms with Crippen LogP contribution in [0.15, 0.2) is 73.3 Å². The number of hydrogen-bond acceptors (Lipinski definition) is 4. The van der Waals surface area contributed by atoms with Gasteiger partial charge in [0.2, 0.25) is 0 Å². The Morgan fingerprint density at radius 3 is 2.56 bits per heavy atom. The van der Waals surface area contributed by atoms with E-state index in [9.17, 15) is 9.18 Å². The van der Waals surface area contributed by atoms with E-state index < -0.39 is 0 Å². The Kier molecular flexibility index (Phi) is 7.59. The first-order valence-corrected chi connectivity index (χ1v) is 11.6. The van der Waals surface area contributed by atoms with E-state index in [1.165, 1.54) is 6.07 Å². The van der Waals surface area contributed by atoms with E-state index in [2.05, 4.69) is 16.5 Å². The Labute approximate surface area is 209 Å². The molecule has 0 fully saturated rings. The van der Waals surface area contributed by atoms with Gasteiger partial charge in [-0.1, -0.05) is 43.0 Å². The third kappa shape index (κ3) is 4.91. The lowest BCUT2D eigenvalue weighted by Crippen LogP contribution is -2.24. The molecule has 1 N–H and O–H groups in total. The lowest BCUT2D eigenvalue weighted by molar-refractivity contribution is 0.0951. The van der Waals surface area contributed by atoms with Crippen molar-refractivity contribution in [2.24, 2.45) is 0 Å². The second-order valence-electron chi connectivity index (χ2n) is 8.25.